The van der Waals surface area contributed by atoms with Crippen LogP contribution in [0.3, 0.4) is 0 Å². The van der Waals surface area contributed by atoms with E-state index in [-0.39, 0.29) is 11.3 Å². The Bertz CT molecular complexity index is 991. The lowest BCUT2D eigenvalue weighted by Crippen LogP contribution is -2.54. The summed E-state index contributed by atoms with van der Waals surface area (Å²) in [6, 6.07) is 8.39. The van der Waals surface area contributed by atoms with Gasteiger partial charge in [-0.3, -0.25) is 14.9 Å². The average Bonchev–Trinajstić information content (AvgIpc) is 2.71. The molecule has 150 valence electrons. The van der Waals surface area contributed by atoms with Crippen LogP contribution in [0.15, 0.2) is 42.0 Å². The molecule has 0 unspecified atom stereocenters. The van der Waals surface area contributed by atoms with Crippen molar-refractivity contribution in [1.29, 1.82) is 0 Å². The van der Waals surface area contributed by atoms with Gasteiger partial charge in [0.2, 0.25) is 0 Å². The number of methoxy groups -OCH3 is 3. The Morgan fingerprint density at radius 1 is 0.931 bits per heavy atom. The molecule has 1 aliphatic heterocycles. The van der Waals surface area contributed by atoms with Crippen molar-refractivity contribution in [3.63, 3.8) is 0 Å². The molecule has 0 radical (unpaired) electrons. The molecule has 0 saturated carbocycles. The monoisotopic (exact) mass is 416 g/mol. The summed E-state index contributed by atoms with van der Waals surface area (Å²) >= 11 is 5.87. The molecule has 9 heteroatoms. The van der Waals surface area contributed by atoms with Crippen LogP contribution in [-0.2, 0) is 9.59 Å². The SMILES string of the molecule is COc1cc(OC)c(/C=C2/C(=O)NC(=O)N(c3ccc(Cl)cc3)C2=O)c(OC)c1. The second kappa shape index (κ2) is 8.24. The van der Waals surface area contributed by atoms with Gasteiger partial charge in [-0.2, -0.15) is 0 Å². The van der Waals surface area contributed by atoms with E-state index < -0.39 is 17.8 Å². The molecule has 3 rings (SSSR count). The van der Waals surface area contributed by atoms with Crippen molar-refractivity contribution >= 4 is 41.2 Å². The topological polar surface area (TPSA) is 94.2 Å². The molecule has 0 atom stereocenters. The van der Waals surface area contributed by atoms with Crippen LogP contribution in [-0.4, -0.2) is 39.2 Å². The number of benzene rings is 2. The van der Waals surface area contributed by atoms with Crippen LogP contribution in [0.2, 0.25) is 5.02 Å². The number of urea groups is 1. The minimum absolute atomic E-state index is 0.263. The van der Waals surface area contributed by atoms with Gasteiger partial charge >= 0.3 is 6.03 Å². The van der Waals surface area contributed by atoms with Gasteiger partial charge in [-0.05, 0) is 30.3 Å². The molecule has 0 aromatic heterocycles. The van der Waals surface area contributed by atoms with E-state index in [4.69, 9.17) is 25.8 Å². The van der Waals surface area contributed by atoms with Crippen LogP contribution in [0, 0.1) is 0 Å². The van der Waals surface area contributed by atoms with Gasteiger partial charge in [-0.15, -0.1) is 0 Å². The number of nitrogens with one attached hydrogen (secondary N) is 1. The molecule has 1 fully saturated rings. The third-order valence-corrected chi connectivity index (χ3v) is 4.48. The van der Waals surface area contributed by atoms with Crippen LogP contribution >= 0.6 is 11.6 Å². The normalized spacial score (nSPS) is 15.4. The molecule has 1 heterocycles. The predicted molar refractivity (Wildman–Crippen MR) is 107 cm³/mol. The van der Waals surface area contributed by atoms with E-state index in [9.17, 15) is 14.4 Å². The van der Waals surface area contributed by atoms with Crippen molar-refractivity contribution in [1.82, 2.24) is 5.32 Å². The Morgan fingerprint density at radius 3 is 2.03 bits per heavy atom. The fourth-order valence-corrected chi connectivity index (χ4v) is 2.93. The highest BCUT2D eigenvalue weighted by Crippen LogP contribution is 2.36. The third kappa shape index (κ3) is 3.88. The summed E-state index contributed by atoms with van der Waals surface area (Å²) in [5.74, 6) is -0.502. The zero-order valence-electron chi connectivity index (χ0n) is 15.8. The second-order valence-corrected chi connectivity index (χ2v) is 6.32. The van der Waals surface area contributed by atoms with Crippen LogP contribution in [0.25, 0.3) is 6.08 Å². The molecule has 29 heavy (non-hydrogen) atoms. The first kappa shape index (κ1) is 20.2. The third-order valence-electron chi connectivity index (χ3n) is 4.23. The summed E-state index contributed by atoms with van der Waals surface area (Å²) in [6.45, 7) is 0. The Balaban J connectivity index is 2.11. The molecule has 1 aliphatic rings. The highest BCUT2D eigenvalue weighted by Gasteiger charge is 2.37. The van der Waals surface area contributed by atoms with E-state index in [1.165, 1.54) is 51.7 Å². The molecule has 0 bridgehead atoms. The molecule has 2 aromatic rings. The van der Waals surface area contributed by atoms with E-state index in [0.29, 0.717) is 27.8 Å². The van der Waals surface area contributed by atoms with Gasteiger partial charge in [0.15, 0.2) is 0 Å². The number of rotatable bonds is 5. The van der Waals surface area contributed by atoms with Gasteiger partial charge in [0.05, 0.1) is 32.6 Å². The minimum Gasteiger partial charge on any atom is -0.496 e. The lowest BCUT2D eigenvalue weighted by molar-refractivity contribution is -0.122. The minimum atomic E-state index is -0.854. The number of ether oxygens (including phenoxy) is 3. The van der Waals surface area contributed by atoms with E-state index >= 15 is 0 Å². The number of hydrogen-bond donors (Lipinski definition) is 1. The van der Waals surface area contributed by atoms with Crippen molar-refractivity contribution in [3.05, 3.63) is 52.6 Å². The van der Waals surface area contributed by atoms with Crippen LogP contribution in [0.4, 0.5) is 10.5 Å². The summed E-state index contributed by atoms with van der Waals surface area (Å²) in [7, 11) is 4.35. The number of amides is 4. The highest BCUT2D eigenvalue weighted by atomic mass is 35.5. The fraction of sp³-hybridized carbons (Fsp3) is 0.150. The van der Waals surface area contributed by atoms with Gasteiger partial charge in [0.1, 0.15) is 22.8 Å². The summed E-state index contributed by atoms with van der Waals surface area (Å²) < 4.78 is 15.9. The van der Waals surface area contributed by atoms with Crippen molar-refractivity contribution in [2.75, 3.05) is 26.2 Å². The average molecular weight is 417 g/mol. The maximum Gasteiger partial charge on any atom is 0.335 e. The van der Waals surface area contributed by atoms with Crippen LogP contribution in [0.1, 0.15) is 5.56 Å². The molecule has 2 aromatic carbocycles. The first-order chi connectivity index (χ1) is 13.9. The zero-order valence-corrected chi connectivity index (χ0v) is 16.6. The summed E-state index contributed by atoms with van der Waals surface area (Å²) in [5, 5.41) is 2.60. The van der Waals surface area contributed by atoms with E-state index in [2.05, 4.69) is 5.32 Å². The quantitative estimate of drug-likeness (QED) is 0.594. The molecular formula is C20H17ClN2O6. The van der Waals surface area contributed by atoms with Gasteiger partial charge in [-0.1, -0.05) is 11.6 Å². The summed E-state index contributed by atoms with van der Waals surface area (Å²) in [6.07, 6.45) is 1.31. The molecule has 0 aliphatic carbocycles. The predicted octanol–water partition coefficient (Wildman–Crippen LogP) is 3.03. The lowest BCUT2D eigenvalue weighted by atomic mass is 10.0. The Hall–Kier alpha value is -3.52. The molecule has 8 nitrogen and oxygen atoms in total. The van der Waals surface area contributed by atoms with Crippen LogP contribution < -0.4 is 24.4 Å². The second-order valence-electron chi connectivity index (χ2n) is 5.88. The standard InChI is InChI=1S/C20H17ClN2O6/c1-27-13-8-16(28-2)14(17(9-13)29-3)10-15-18(24)22-20(26)23(19(15)25)12-6-4-11(21)5-7-12/h4-10H,1-3H3,(H,22,24,26)/b15-10-. The lowest BCUT2D eigenvalue weighted by Gasteiger charge is -2.26. The Labute approximate surface area is 171 Å². The van der Waals surface area contributed by atoms with Gasteiger partial charge in [0.25, 0.3) is 11.8 Å². The van der Waals surface area contributed by atoms with Gasteiger partial charge in [0, 0.05) is 17.2 Å². The number of barbiturate groups is 1. The van der Waals surface area contributed by atoms with Crippen molar-refractivity contribution in [2.45, 2.75) is 0 Å². The summed E-state index contributed by atoms with van der Waals surface area (Å²) in [4.78, 5) is 38.5. The number of carbonyl (C=O) groups excluding carboxylic acids is 3. The van der Waals surface area contributed by atoms with E-state index in [0.717, 1.165) is 4.90 Å². The Morgan fingerprint density at radius 2 is 1.52 bits per heavy atom. The number of carbonyl (C=O) groups is 3. The first-order valence-electron chi connectivity index (χ1n) is 8.36. The molecular weight excluding hydrogens is 400 g/mol. The first-order valence-corrected chi connectivity index (χ1v) is 8.74. The largest absolute Gasteiger partial charge is 0.496 e. The van der Waals surface area contributed by atoms with E-state index in [1.54, 1.807) is 12.1 Å². The number of nitrogens with zero attached hydrogens (tertiary/aromatic N) is 1. The van der Waals surface area contributed by atoms with E-state index in [1.807, 2.05) is 0 Å². The zero-order chi connectivity index (χ0) is 21.1. The fourth-order valence-electron chi connectivity index (χ4n) is 2.80. The van der Waals surface area contributed by atoms with Crippen LogP contribution in [0.5, 0.6) is 17.2 Å². The molecule has 1 N–H and O–H groups in total. The number of imide groups is 2. The summed E-state index contributed by atoms with van der Waals surface area (Å²) in [5.41, 5.74) is 0.352. The molecule has 0 spiro atoms. The highest BCUT2D eigenvalue weighted by molar-refractivity contribution is 6.39. The Kier molecular flexibility index (Phi) is 5.74. The van der Waals surface area contributed by atoms with Crippen molar-refractivity contribution in [2.24, 2.45) is 0 Å². The van der Waals surface area contributed by atoms with Crippen molar-refractivity contribution in [3.8, 4) is 17.2 Å². The van der Waals surface area contributed by atoms with Gasteiger partial charge < -0.3 is 14.2 Å². The van der Waals surface area contributed by atoms with Gasteiger partial charge in [-0.25, -0.2) is 9.69 Å². The maximum absolute atomic E-state index is 13.0. The number of hydrogen-bond acceptors (Lipinski definition) is 6. The molecule has 1 saturated heterocycles. The maximum atomic E-state index is 13.0. The van der Waals surface area contributed by atoms with Crippen molar-refractivity contribution < 1.29 is 28.6 Å². The smallest absolute Gasteiger partial charge is 0.335 e. The number of halogens is 1. The molecule has 4 amide bonds. The number of anilines is 1.